The smallest absolute Gasteiger partial charge is 0.328 e. The van der Waals surface area contributed by atoms with E-state index < -0.39 is 12.0 Å². The van der Waals surface area contributed by atoms with Gasteiger partial charge in [0.1, 0.15) is 6.04 Å². The third kappa shape index (κ3) is 4.59. The van der Waals surface area contributed by atoms with E-state index in [0.29, 0.717) is 12.0 Å². The number of amides is 1. The highest BCUT2D eigenvalue weighted by Crippen LogP contribution is 2.17. The van der Waals surface area contributed by atoms with Gasteiger partial charge in [0.2, 0.25) is 0 Å². The molecule has 1 aliphatic rings. The Bertz CT molecular complexity index is 750. The number of hydrogen-bond donors (Lipinski definition) is 2. The third-order valence-corrected chi connectivity index (χ3v) is 4.17. The minimum atomic E-state index is -0.712. The number of carbonyl (C=O) groups is 2. The molecule has 2 aromatic rings. The average Bonchev–Trinajstić information content (AvgIpc) is 3.09. The topological polar surface area (TPSA) is 67.4 Å². The van der Waals surface area contributed by atoms with Crippen LogP contribution in [0.4, 0.5) is 0 Å². The first-order valence-corrected chi connectivity index (χ1v) is 7.92. The Balaban J connectivity index is 0.00000225. The molecular formula is C19H21ClN2O3. The maximum Gasteiger partial charge on any atom is 0.328 e. The van der Waals surface area contributed by atoms with E-state index in [1.165, 1.54) is 12.7 Å². The summed E-state index contributed by atoms with van der Waals surface area (Å²) in [6.07, 6.45) is 0.395. The van der Waals surface area contributed by atoms with E-state index in [0.717, 1.165) is 24.2 Å². The highest BCUT2D eigenvalue weighted by molar-refractivity contribution is 5.97. The van der Waals surface area contributed by atoms with Gasteiger partial charge in [0.25, 0.3) is 5.91 Å². The van der Waals surface area contributed by atoms with Crippen LogP contribution in [0.15, 0.2) is 48.5 Å². The second-order valence-corrected chi connectivity index (χ2v) is 5.83. The van der Waals surface area contributed by atoms with Crippen LogP contribution in [-0.4, -0.2) is 25.0 Å². The number of carbonyl (C=O) groups excluding carboxylic acids is 2. The molecule has 25 heavy (non-hydrogen) atoms. The first kappa shape index (κ1) is 19.0. The number of fused-ring (bicyclic) bond motifs is 1. The lowest BCUT2D eigenvalue weighted by Gasteiger charge is -2.17. The van der Waals surface area contributed by atoms with Gasteiger partial charge in [-0.05, 0) is 28.8 Å². The molecule has 132 valence electrons. The van der Waals surface area contributed by atoms with Gasteiger partial charge in [-0.25, -0.2) is 4.79 Å². The second kappa shape index (κ2) is 8.65. The average molecular weight is 361 g/mol. The number of nitrogens with one attached hydrogen (secondary N) is 2. The Labute approximate surface area is 153 Å². The Hall–Kier alpha value is -2.37. The van der Waals surface area contributed by atoms with Crippen molar-refractivity contribution in [1.82, 2.24) is 10.6 Å². The molecule has 1 atom stereocenters. The number of esters is 1. The van der Waals surface area contributed by atoms with E-state index in [4.69, 9.17) is 4.74 Å². The van der Waals surface area contributed by atoms with Crippen LogP contribution in [0.2, 0.25) is 0 Å². The normalized spacial score (nSPS) is 13.3. The van der Waals surface area contributed by atoms with Crippen LogP contribution < -0.4 is 10.6 Å². The van der Waals surface area contributed by atoms with Crippen LogP contribution in [0.3, 0.4) is 0 Å². The van der Waals surface area contributed by atoms with Crippen molar-refractivity contribution >= 4 is 24.3 Å². The minimum Gasteiger partial charge on any atom is -0.467 e. The summed E-state index contributed by atoms with van der Waals surface area (Å²) < 4.78 is 4.83. The second-order valence-electron chi connectivity index (χ2n) is 5.83. The van der Waals surface area contributed by atoms with Crippen molar-refractivity contribution in [3.63, 3.8) is 0 Å². The molecule has 0 radical (unpaired) electrons. The van der Waals surface area contributed by atoms with Crippen LogP contribution >= 0.6 is 12.4 Å². The number of rotatable bonds is 5. The largest absolute Gasteiger partial charge is 0.467 e. The molecule has 1 heterocycles. The van der Waals surface area contributed by atoms with Crippen LogP contribution in [0.1, 0.15) is 27.0 Å². The molecule has 2 aromatic carbocycles. The molecule has 0 saturated heterocycles. The lowest BCUT2D eigenvalue weighted by molar-refractivity contribution is -0.142. The summed E-state index contributed by atoms with van der Waals surface area (Å²) in [7, 11) is 1.33. The molecule has 1 unspecified atom stereocenters. The van der Waals surface area contributed by atoms with Gasteiger partial charge in [-0.1, -0.05) is 36.4 Å². The van der Waals surface area contributed by atoms with E-state index >= 15 is 0 Å². The summed E-state index contributed by atoms with van der Waals surface area (Å²) in [6.45, 7) is 1.59. The van der Waals surface area contributed by atoms with Gasteiger partial charge in [-0.2, -0.15) is 0 Å². The zero-order valence-electron chi connectivity index (χ0n) is 14.0. The predicted molar refractivity (Wildman–Crippen MR) is 97.6 cm³/mol. The third-order valence-electron chi connectivity index (χ3n) is 4.17. The minimum absolute atomic E-state index is 0. The van der Waals surface area contributed by atoms with Crippen molar-refractivity contribution in [2.45, 2.75) is 25.6 Å². The van der Waals surface area contributed by atoms with E-state index in [1.807, 2.05) is 42.5 Å². The fourth-order valence-corrected chi connectivity index (χ4v) is 2.86. The van der Waals surface area contributed by atoms with Gasteiger partial charge in [0.05, 0.1) is 7.11 Å². The lowest BCUT2D eigenvalue weighted by atomic mass is 10.0. The zero-order valence-corrected chi connectivity index (χ0v) is 14.8. The Kier molecular flexibility index (Phi) is 6.56. The first-order valence-electron chi connectivity index (χ1n) is 7.92. The van der Waals surface area contributed by atoms with Crippen molar-refractivity contribution in [3.8, 4) is 0 Å². The van der Waals surface area contributed by atoms with Gasteiger partial charge in [-0.3, -0.25) is 4.79 Å². The fourth-order valence-electron chi connectivity index (χ4n) is 2.86. The standard InChI is InChI=1S/C19H20N2O3.ClH/c1-24-19(23)17(9-13-5-3-2-4-6-13)21-18(22)14-7-8-15-11-20-12-16(15)10-14;/h2-8,10,17,20H,9,11-12H2,1H3,(H,21,22);1H. The highest BCUT2D eigenvalue weighted by atomic mass is 35.5. The van der Waals surface area contributed by atoms with Gasteiger partial charge >= 0.3 is 5.97 Å². The van der Waals surface area contributed by atoms with Crippen molar-refractivity contribution in [2.24, 2.45) is 0 Å². The lowest BCUT2D eigenvalue weighted by Crippen LogP contribution is -2.43. The van der Waals surface area contributed by atoms with Gasteiger partial charge < -0.3 is 15.4 Å². The van der Waals surface area contributed by atoms with E-state index in [2.05, 4.69) is 10.6 Å². The monoisotopic (exact) mass is 360 g/mol. The molecule has 1 aliphatic heterocycles. The van der Waals surface area contributed by atoms with E-state index in [1.54, 1.807) is 6.07 Å². The summed E-state index contributed by atoms with van der Waals surface area (Å²) in [5, 5.41) is 6.04. The molecule has 6 heteroatoms. The molecule has 1 amide bonds. The first-order chi connectivity index (χ1) is 11.7. The number of ether oxygens (including phenoxy) is 1. The summed E-state index contributed by atoms with van der Waals surface area (Å²) in [5.41, 5.74) is 3.85. The number of hydrogen-bond acceptors (Lipinski definition) is 4. The Morgan fingerprint density at radius 1 is 1.12 bits per heavy atom. The zero-order chi connectivity index (χ0) is 16.9. The molecule has 2 N–H and O–H groups in total. The van der Waals surface area contributed by atoms with Crippen LogP contribution in [0.5, 0.6) is 0 Å². The SMILES string of the molecule is COC(=O)C(Cc1ccccc1)NC(=O)c1ccc2c(c1)CNC2.Cl. The molecular weight excluding hydrogens is 340 g/mol. The van der Waals surface area contributed by atoms with Gasteiger partial charge in [0.15, 0.2) is 0 Å². The van der Waals surface area contributed by atoms with E-state index in [-0.39, 0.29) is 18.3 Å². The highest BCUT2D eigenvalue weighted by Gasteiger charge is 2.23. The predicted octanol–water partition coefficient (Wildman–Crippen LogP) is 2.23. The molecule has 0 saturated carbocycles. The number of halogens is 1. The van der Waals surface area contributed by atoms with Crippen molar-refractivity contribution in [2.75, 3.05) is 7.11 Å². The molecule has 0 aromatic heterocycles. The van der Waals surface area contributed by atoms with Crippen molar-refractivity contribution < 1.29 is 14.3 Å². The summed E-state index contributed by atoms with van der Waals surface area (Å²) in [4.78, 5) is 24.5. The van der Waals surface area contributed by atoms with E-state index in [9.17, 15) is 9.59 Å². The molecule has 0 aliphatic carbocycles. The van der Waals surface area contributed by atoms with Crippen LogP contribution in [0.25, 0.3) is 0 Å². The summed E-state index contributed by atoms with van der Waals surface area (Å²) in [6, 6.07) is 14.5. The summed E-state index contributed by atoms with van der Waals surface area (Å²) in [5.74, 6) is -0.717. The molecule has 0 fully saturated rings. The Morgan fingerprint density at radius 3 is 2.56 bits per heavy atom. The summed E-state index contributed by atoms with van der Waals surface area (Å²) >= 11 is 0. The number of benzene rings is 2. The van der Waals surface area contributed by atoms with Gasteiger partial charge in [0, 0.05) is 25.1 Å². The number of methoxy groups -OCH3 is 1. The van der Waals surface area contributed by atoms with Gasteiger partial charge in [-0.15, -0.1) is 12.4 Å². The van der Waals surface area contributed by atoms with Crippen molar-refractivity contribution in [3.05, 3.63) is 70.8 Å². The fraction of sp³-hybridized carbons (Fsp3) is 0.263. The van der Waals surface area contributed by atoms with Crippen LogP contribution in [0, 0.1) is 0 Å². The van der Waals surface area contributed by atoms with Crippen LogP contribution in [-0.2, 0) is 29.0 Å². The maximum atomic E-state index is 12.5. The molecule has 0 spiro atoms. The maximum absolute atomic E-state index is 12.5. The molecule has 5 nitrogen and oxygen atoms in total. The molecule has 0 bridgehead atoms. The Morgan fingerprint density at radius 2 is 1.84 bits per heavy atom. The molecule has 3 rings (SSSR count). The quantitative estimate of drug-likeness (QED) is 0.802. The van der Waals surface area contributed by atoms with Crippen molar-refractivity contribution in [1.29, 1.82) is 0 Å².